The SMILES string of the molecule is CN1CCC(NN2C(=NCc3cccc(Cl)c3)C3(CCN(C)CC3)Cc3ccccc32)CC1. The zero-order valence-corrected chi connectivity index (χ0v) is 20.7. The molecular formula is C27H36ClN5. The Morgan fingerprint density at radius 1 is 0.970 bits per heavy atom. The fraction of sp³-hybridized carbons (Fsp3) is 0.519. The van der Waals surface area contributed by atoms with Crippen molar-refractivity contribution in [2.45, 2.75) is 44.7 Å². The molecule has 0 bridgehead atoms. The average Bonchev–Trinajstić information content (AvgIpc) is 2.82. The molecule has 1 N–H and O–H groups in total. The molecule has 176 valence electrons. The summed E-state index contributed by atoms with van der Waals surface area (Å²) >= 11 is 6.28. The first-order valence-corrected chi connectivity index (χ1v) is 12.7. The highest BCUT2D eigenvalue weighted by Gasteiger charge is 2.46. The van der Waals surface area contributed by atoms with Crippen molar-refractivity contribution in [2.75, 3.05) is 45.3 Å². The third-order valence-corrected chi connectivity index (χ3v) is 7.96. The maximum Gasteiger partial charge on any atom is 0.125 e. The number of anilines is 1. The zero-order chi connectivity index (χ0) is 22.8. The minimum absolute atomic E-state index is 0.0674. The van der Waals surface area contributed by atoms with Gasteiger partial charge in [0, 0.05) is 16.5 Å². The summed E-state index contributed by atoms with van der Waals surface area (Å²) in [6.07, 6.45) is 5.66. The Balaban J connectivity index is 1.53. The first-order valence-electron chi connectivity index (χ1n) is 12.3. The van der Waals surface area contributed by atoms with Crippen LogP contribution in [0.25, 0.3) is 0 Å². The van der Waals surface area contributed by atoms with Crippen LogP contribution in [0.4, 0.5) is 5.69 Å². The number of nitrogens with zero attached hydrogens (tertiary/aromatic N) is 4. The van der Waals surface area contributed by atoms with E-state index in [4.69, 9.17) is 16.6 Å². The van der Waals surface area contributed by atoms with Gasteiger partial charge in [-0.15, -0.1) is 0 Å². The topological polar surface area (TPSA) is 34.1 Å². The minimum atomic E-state index is 0.0674. The fourth-order valence-corrected chi connectivity index (χ4v) is 5.82. The van der Waals surface area contributed by atoms with Crippen molar-refractivity contribution >= 4 is 23.1 Å². The van der Waals surface area contributed by atoms with Crippen molar-refractivity contribution in [3.8, 4) is 0 Å². The Hall–Kier alpha value is -1.92. The fourth-order valence-electron chi connectivity index (χ4n) is 5.61. The monoisotopic (exact) mass is 465 g/mol. The Bertz CT molecular complexity index is 990. The molecule has 1 spiro atoms. The normalized spacial score (nSPS) is 23.2. The third kappa shape index (κ3) is 4.97. The van der Waals surface area contributed by atoms with Gasteiger partial charge in [-0.1, -0.05) is 41.9 Å². The van der Waals surface area contributed by atoms with E-state index >= 15 is 0 Å². The van der Waals surface area contributed by atoms with Gasteiger partial charge in [0.15, 0.2) is 0 Å². The van der Waals surface area contributed by atoms with E-state index in [1.165, 1.54) is 17.1 Å². The van der Waals surface area contributed by atoms with Crippen molar-refractivity contribution in [1.29, 1.82) is 0 Å². The second kappa shape index (κ2) is 9.75. The number of halogens is 1. The molecule has 3 aliphatic heterocycles. The minimum Gasteiger partial charge on any atom is -0.306 e. The summed E-state index contributed by atoms with van der Waals surface area (Å²) in [6.45, 7) is 5.15. The third-order valence-electron chi connectivity index (χ3n) is 7.72. The van der Waals surface area contributed by atoms with Crippen LogP contribution in [-0.2, 0) is 13.0 Å². The van der Waals surface area contributed by atoms with E-state index in [1.54, 1.807) is 0 Å². The lowest BCUT2D eigenvalue weighted by Crippen LogP contribution is -2.60. The van der Waals surface area contributed by atoms with E-state index in [9.17, 15) is 0 Å². The molecule has 0 aliphatic carbocycles. The maximum atomic E-state index is 6.28. The molecule has 2 aromatic rings. The van der Waals surface area contributed by atoms with E-state index in [2.05, 4.69) is 64.7 Å². The van der Waals surface area contributed by atoms with Crippen LogP contribution in [0.1, 0.15) is 36.8 Å². The smallest absolute Gasteiger partial charge is 0.125 e. The molecule has 2 fully saturated rings. The standard InChI is InChI=1S/C27H36ClN5/c1-31-14-10-24(11-15-31)30-33-25-9-4-3-7-22(25)19-27(12-16-32(2)17-13-27)26(33)29-20-21-6-5-8-23(28)18-21/h3-9,18,24,30H,10-17,19-20H2,1-2H3. The maximum absolute atomic E-state index is 6.28. The number of fused-ring (bicyclic) bond motifs is 1. The van der Waals surface area contributed by atoms with Crippen molar-refractivity contribution in [3.05, 3.63) is 64.7 Å². The lowest BCUT2D eigenvalue weighted by atomic mass is 9.70. The van der Waals surface area contributed by atoms with Crippen LogP contribution in [0.3, 0.4) is 0 Å². The highest BCUT2D eigenvalue weighted by atomic mass is 35.5. The van der Waals surface area contributed by atoms with Gasteiger partial charge >= 0.3 is 0 Å². The van der Waals surface area contributed by atoms with Gasteiger partial charge in [-0.2, -0.15) is 0 Å². The number of hydrazine groups is 1. The summed E-state index contributed by atoms with van der Waals surface area (Å²) in [5.74, 6) is 1.22. The van der Waals surface area contributed by atoms with Crippen LogP contribution in [-0.4, -0.2) is 62.0 Å². The van der Waals surface area contributed by atoms with Gasteiger partial charge in [-0.25, -0.2) is 5.43 Å². The van der Waals surface area contributed by atoms with Gasteiger partial charge in [0.2, 0.25) is 0 Å². The molecule has 0 unspecified atom stereocenters. The van der Waals surface area contributed by atoms with Crippen LogP contribution in [0.2, 0.25) is 5.02 Å². The quantitative estimate of drug-likeness (QED) is 0.714. The highest BCUT2D eigenvalue weighted by molar-refractivity contribution is 6.30. The summed E-state index contributed by atoms with van der Waals surface area (Å²) in [5, 5.41) is 3.15. The molecule has 0 atom stereocenters. The Morgan fingerprint density at radius 2 is 1.70 bits per heavy atom. The Kier molecular flexibility index (Phi) is 6.75. The summed E-state index contributed by atoms with van der Waals surface area (Å²) in [5.41, 5.74) is 7.89. The van der Waals surface area contributed by atoms with Crippen molar-refractivity contribution in [3.63, 3.8) is 0 Å². The second-order valence-corrected chi connectivity index (χ2v) is 10.6. The van der Waals surface area contributed by atoms with E-state index in [0.717, 1.165) is 68.9 Å². The van der Waals surface area contributed by atoms with Crippen LogP contribution >= 0.6 is 11.6 Å². The molecule has 2 saturated heterocycles. The van der Waals surface area contributed by atoms with Gasteiger partial charge in [0.1, 0.15) is 5.84 Å². The molecule has 2 aromatic carbocycles. The summed E-state index contributed by atoms with van der Waals surface area (Å²) in [4.78, 5) is 10.2. The van der Waals surface area contributed by atoms with Gasteiger partial charge in [-0.3, -0.25) is 10.0 Å². The first-order chi connectivity index (χ1) is 16.0. The number of hydrogen-bond acceptors (Lipinski definition) is 4. The number of rotatable bonds is 4. The summed E-state index contributed by atoms with van der Waals surface area (Å²) < 4.78 is 0. The predicted molar refractivity (Wildman–Crippen MR) is 138 cm³/mol. The molecule has 33 heavy (non-hydrogen) atoms. The average molecular weight is 466 g/mol. The molecule has 3 aliphatic rings. The highest BCUT2D eigenvalue weighted by Crippen LogP contribution is 2.44. The number of nitrogens with one attached hydrogen (secondary N) is 1. The number of likely N-dealkylation sites (tertiary alicyclic amines) is 2. The van der Waals surface area contributed by atoms with Crippen LogP contribution in [0.5, 0.6) is 0 Å². The molecular weight excluding hydrogens is 430 g/mol. The molecule has 5 rings (SSSR count). The first kappa shape index (κ1) is 22.9. The van der Waals surface area contributed by atoms with Crippen LogP contribution < -0.4 is 10.4 Å². The molecule has 0 aromatic heterocycles. The van der Waals surface area contributed by atoms with Crippen molar-refractivity contribution in [2.24, 2.45) is 10.4 Å². The van der Waals surface area contributed by atoms with Crippen molar-refractivity contribution in [1.82, 2.24) is 15.2 Å². The molecule has 3 heterocycles. The number of hydrogen-bond donors (Lipinski definition) is 1. The van der Waals surface area contributed by atoms with Gasteiger partial charge in [0.25, 0.3) is 0 Å². The Morgan fingerprint density at radius 3 is 2.45 bits per heavy atom. The Labute approximate surface area is 203 Å². The van der Waals surface area contributed by atoms with Crippen LogP contribution in [0, 0.1) is 5.41 Å². The lowest BCUT2D eigenvalue weighted by Gasteiger charge is -2.50. The molecule has 5 nitrogen and oxygen atoms in total. The number of aliphatic imine (C=N–C) groups is 1. The number of benzene rings is 2. The summed E-state index contributed by atoms with van der Waals surface area (Å²) in [7, 11) is 4.46. The number of amidine groups is 1. The molecule has 0 saturated carbocycles. The predicted octanol–water partition coefficient (Wildman–Crippen LogP) is 4.61. The van der Waals surface area contributed by atoms with E-state index < -0.39 is 0 Å². The lowest BCUT2D eigenvalue weighted by molar-refractivity contribution is 0.173. The zero-order valence-electron chi connectivity index (χ0n) is 19.9. The van der Waals surface area contributed by atoms with Gasteiger partial charge in [-0.05, 0) is 102 Å². The molecule has 6 heteroatoms. The van der Waals surface area contributed by atoms with Crippen LogP contribution in [0.15, 0.2) is 53.5 Å². The molecule has 0 amide bonds. The van der Waals surface area contributed by atoms with E-state index in [0.29, 0.717) is 12.6 Å². The summed E-state index contributed by atoms with van der Waals surface area (Å²) in [6, 6.07) is 17.5. The largest absolute Gasteiger partial charge is 0.306 e. The van der Waals surface area contributed by atoms with Gasteiger partial charge < -0.3 is 9.80 Å². The molecule has 0 radical (unpaired) electrons. The van der Waals surface area contributed by atoms with E-state index in [-0.39, 0.29) is 5.41 Å². The van der Waals surface area contributed by atoms with Crippen molar-refractivity contribution < 1.29 is 0 Å². The number of para-hydroxylation sites is 1. The number of piperidine rings is 2. The second-order valence-electron chi connectivity index (χ2n) is 10.2. The van der Waals surface area contributed by atoms with E-state index in [1.807, 2.05) is 18.2 Å². The van der Waals surface area contributed by atoms with Gasteiger partial charge in [0.05, 0.1) is 12.2 Å².